The van der Waals surface area contributed by atoms with E-state index in [1.165, 1.54) is 0 Å². The van der Waals surface area contributed by atoms with Crippen molar-refractivity contribution in [2.45, 2.75) is 18.9 Å². The van der Waals surface area contributed by atoms with E-state index >= 15 is 0 Å². The maximum Gasteiger partial charge on any atom is 0.235 e. The Morgan fingerprint density at radius 2 is 2.21 bits per heavy atom. The van der Waals surface area contributed by atoms with Crippen LogP contribution in [0, 0.1) is 0 Å². The van der Waals surface area contributed by atoms with E-state index in [2.05, 4.69) is 4.98 Å². The molecule has 1 fully saturated rings. The minimum absolute atomic E-state index is 0.0730. The van der Waals surface area contributed by atoms with Crippen molar-refractivity contribution < 1.29 is 8.76 Å². The van der Waals surface area contributed by atoms with Crippen molar-refractivity contribution in [1.82, 2.24) is 9.29 Å². The minimum Gasteiger partial charge on any atom is -0.294 e. The van der Waals surface area contributed by atoms with Gasteiger partial charge in [0.1, 0.15) is 0 Å². The first-order valence-corrected chi connectivity index (χ1v) is 5.63. The fraction of sp³-hybridized carbons (Fsp3) is 0.444. The first-order chi connectivity index (χ1) is 6.79. The van der Waals surface area contributed by atoms with Gasteiger partial charge in [-0.3, -0.25) is 9.54 Å². The van der Waals surface area contributed by atoms with E-state index in [4.69, 9.17) is 4.55 Å². The molecule has 1 N–H and O–H groups in total. The first kappa shape index (κ1) is 9.76. The summed E-state index contributed by atoms with van der Waals surface area (Å²) in [4.78, 5) is 3.93. The largest absolute Gasteiger partial charge is 0.294 e. The predicted molar refractivity (Wildman–Crippen MR) is 53.7 cm³/mol. The van der Waals surface area contributed by atoms with Crippen molar-refractivity contribution >= 4 is 11.3 Å². The highest BCUT2D eigenvalue weighted by molar-refractivity contribution is 7.76. The summed E-state index contributed by atoms with van der Waals surface area (Å²) in [7, 11) is 0. The van der Waals surface area contributed by atoms with Gasteiger partial charge in [-0.1, -0.05) is 0 Å². The van der Waals surface area contributed by atoms with Gasteiger partial charge in [0.15, 0.2) is 0 Å². The third-order valence-corrected chi connectivity index (χ3v) is 3.33. The van der Waals surface area contributed by atoms with E-state index in [0.29, 0.717) is 6.54 Å². The van der Waals surface area contributed by atoms with Crippen LogP contribution < -0.4 is 0 Å². The van der Waals surface area contributed by atoms with Gasteiger partial charge in [-0.2, -0.15) is 4.31 Å². The van der Waals surface area contributed by atoms with Gasteiger partial charge in [0.05, 0.1) is 0 Å². The van der Waals surface area contributed by atoms with Gasteiger partial charge in [0.25, 0.3) is 0 Å². The summed E-state index contributed by atoms with van der Waals surface area (Å²) in [6, 6.07) is 3.87. The Morgan fingerprint density at radius 3 is 2.86 bits per heavy atom. The second-order valence-corrected chi connectivity index (χ2v) is 4.24. The van der Waals surface area contributed by atoms with Gasteiger partial charge in [-0.25, -0.2) is 4.21 Å². The van der Waals surface area contributed by atoms with Gasteiger partial charge in [-0.15, -0.1) is 0 Å². The summed E-state index contributed by atoms with van der Waals surface area (Å²) >= 11 is -1.86. The van der Waals surface area contributed by atoms with Crippen molar-refractivity contribution in [3.05, 3.63) is 30.1 Å². The molecule has 0 aliphatic carbocycles. The van der Waals surface area contributed by atoms with Crippen LogP contribution in [0.15, 0.2) is 24.5 Å². The van der Waals surface area contributed by atoms with Crippen molar-refractivity contribution in [2.75, 3.05) is 6.54 Å². The number of hydrogen-bond acceptors (Lipinski definition) is 2. The zero-order valence-electron chi connectivity index (χ0n) is 7.67. The third-order valence-electron chi connectivity index (χ3n) is 2.50. The molecule has 14 heavy (non-hydrogen) atoms. The summed E-state index contributed by atoms with van der Waals surface area (Å²) in [5.41, 5.74) is 1.07. The second kappa shape index (κ2) is 4.16. The van der Waals surface area contributed by atoms with Gasteiger partial charge in [0.2, 0.25) is 11.3 Å². The predicted octanol–water partition coefficient (Wildman–Crippen LogP) is 1.36. The molecule has 2 heterocycles. The average molecular weight is 212 g/mol. The smallest absolute Gasteiger partial charge is 0.235 e. The van der Waals surface area contributed by atoms with Gasteiger partial charge in [0, 0.05) is 25.0 Å². The number of pyridine rings is 1. The topological polar surface area (TPSA) is 53.4 Å². The highest BCUT2D eigenvalue weighted by Gasteiger charge is 2.29. The van der Waals surface area contributed by atoms with E-state index in [1.807, 2.05) is 12.1 Å². The fourth-order valence-corrected chi connectivity index (χ4v) is 2.58. The molecule has 1 unspecified atom stereocenters. The quantitative estimate of drug-likeness (QED) is 0.753. The molecule has 0 bridgehead atoms. The Balaban J connectivity index is 2.22. The van der Waals surface area contributed by atoms with E-state index in [1.54, 1.807) is 16.7 Å². The van der Waals surface area contributed by atoms with E-state index in [-0.39, 0.29) is 6.04 Å². The average Bonchev–Trinajstić information content (AvgIpc) is 2.67. The molecule has 1 aromatic heterocycles. The SMILES string of the molecule is O=S(O)N1CCC[C@@H]1c1ccncc1. The Labute approximate surface area is 85.4 Å². The molecule has 0 radical (unpaired) electrons. The number of hydrogen-bond donors (Lipinski definition) is 1. The number of rotatable bonds is 2. The molecular formula is C9H12N2O2S. The molecule has 1 aliphatic heterocycles. The standard InChI is InChI=1S/C9H12N2O2S/c12-14(13)11-7-1-2-9(11)8-3-5-10-6-4-8/h3-6,9H,1-2,7H2,(H,12,13)/t9-/m1/s1. The molecule has 0 spiro atoms. The molecular weight excluding hydrogens is 200 g/mol. The molecule has 0 amide bonds. The monoisotopic (exact) mass is 212 g/mol. The Kier molecular flexibility index (Phi) is 2.90. The molecule has 1 aliphatic rings. The lowest BCUT2D eigenvalue weighted by atomic mass is 10.1. The summed E-state index contributed by atoms with van der Waals surface area (Å²) in [5.74, 6) is 0. The van der Waals surface area contributed by atoms with Crippen molar-refractivity contribution in [3.8, 4) is 0 Å². The molecule has 1 saturated heterocycles. The molecule has 2 atom stereocenters. The molecule has 76 valence electrons. The summed E-state index contributed by atoms with van der Waals surface area (Å²) in [6.45, 7) is 0.691. The first-order valence-electron chi connectivity index (χ1n) is 4.56. The fourth-order valence-electron chi connectivity index (χ4n) is 1.85. The van der Waals surface area contributed by atoms with Gasteiger partial charge >= 0.3 is 0 Å². The van der Waals surface area contributed by atoms with E-state index < -0.39 is 11.3 Å². The third kappa shape index (κ3) is 1.84. The normalized spacial score (nSPS) is 25.1. The Bertz CT molecular complexity index is 331. The van der Waals surface area contributed by atoms with Crippen molar-refractivity contribution in [3.63, 3.8) is 0 Å². The highest BCUT2D eigenvalue weighted by atomic mass is 32.2. The van der Waals surface area contributed by atoms with Crippen molar-refractivity contribution in [2.24, 2.45) is 0 Å². The summed E-state index contributed by atoms with van der Waals surface area (Å²) < 4.78 is 21.7. The Hall–Kier alpha value is -0.780. The maximum absolute atomic E-state index is 11.0. The summed E-state index contributed by atoms with van der Waals surface area (Å²) in [5, 5.41) is 0. The van der Waals surface area contributed by atoms with Crippen LogP contribution >= 0.6 is 0 Å². The maximum atomic E-state index is 11.0. The minimum atomic E-state index is -1.86. The zero-order valence-corrected chi connectivity index (χ0v) is 8.48. The van der Waals surface area contributed by atoms with Crippen LogP contribution in [0.25, 0.3) is 0 Å². The van der Waals surface area contributed by atoms with E-state index in [9.17, 15) is 4.21 Å². The van der Waals surface area contributed by atoms with Crippen LogP contribution in [0.4, 0.5) is 0 Å². The molecule has 0 saturated carbocycles. The van der Waals surface area contributed by atoms with Gasteiger partial charge in [-0.05, 0) is 30.5 Å². The molecule has 2 rings (SSSR count). The molecule has 4 nitrogen and oxygen atoms in total. The van der Waals surface area contributed by atoms with E-state index in [0.717, 1.165) is 18.4 Å². The van der Waals surface area contributed by atoms with Crippen LogP contribution in [0.3, 0.4) is 0 Å². The lowest BCUT2D eigenvalue weighted by molar-refractivity contribution is 0.383. The lowest BCUT2D eigenvalue weighted by Crippen LogP contribution is -2.24. The van der Waals surface area contributed by atoms with Crippen LogP contribution in [0.5, 0.6) is 0 Å². The summed E-state index contributed by atoms with van der Waals surface area (Å²) in [6.07, 6.45) is 5.34. The molecule has 0 aromatic carbocycles. The molecule has 1 aromatic rings. The number of nitrogens with zero attached hydrogens (tertiary/aromatic N) is 2. The highest BCUT2D eigenvalue weighted by Crippen LogP contribution is 2.31. The lowest BCUT2D eigenvalue weighted by Gasteiger charge is -2.19. The zero-order chi connectivity index (χ0) is 9.97. The van der Waals surface area contributed by atoms with Crippen LogP contribution in [0.2, 0.25) is 0 Å². The van der Waals surface area contributed by atoms with Crippen LogP contribution in [0.1, 0.15) is 24.4 Å². The van der Waals surface area contributed by atoms with Crippen LogP contribution in [-0.2, 0) is 11.3 Å². The van der Waals surface area contributed by atoms with Crippen molar-refractivity contribution in [1.29, 1.82) is 0 Å². The van der Waals surface area contributed by atoms with Crippen LogP contribution in [-0.4, -0.2) is 24.6 Å². The Morgan fingerprint density at radius 1 is 1.50 bits per heavy atom. The van der Waals surface area contributed by atoms with Gasteiger partial charge < -0.3 is 0 Å². The number of aromatic nitrogens is 1. The molecule has 5 heteroatoms. The second-order valence-electron chi connectivity index (χ2n) is 3.31.